The number of rotatable bonds is 3. The third-order valence-electron chi connectivity index (χ3n) is 5.49. The first kappa shape index (κ1) is 15.9. The van der Waals surface area contributed by atoms with E-state index in [0.717, 1.165) is 31.2 Å². The van der Waals surface area contributed by atoms with Gasteiger partial charge in [-0.1, -0.05) is 49.2 Å². The number of hydrogen-bond donors (Lipinski definition) is 1. The van der Waals surface area contributed by atoms with E-state index < -0.39 is 5.60 Å². The summed E-state index contributed by atoms with van der Waals surface area (Å²) < 4.78 is 5.96. The molecule has 1 heterocycles. The Morgan fingerprint density at radius 1 is 1.08 bits per heavy atom. The summed E-state index contributed by atoms with van der Waals surface area (Å²) in [5.41, 5.74) is -0.329. The second-order valence-electron chi connectivity index (χ2n) is 6.93. The first-order chi connectivity index (χ1) is 12.2. The predicted octanol–water partition coefficient (Wildman–Crippen LogP) is 3.72. The minimum absolute atomic E-state index is 0.0612. The van der Waals surface area contributed by atoms with E-state index in [-0.39, 0.29) is 23.4 Å². The average molecular weight is 336 g/mol. The molecule has 2 atom stereocenters. The van der Waals surface area contributed by atoms with Crippen LogP contribution in [0.2, 0.25) is 0 Å². The highest BCUT2D eigenvalue weighted by Gasteiger charge is 2.53. The quantitative estimate of drug-likeness (QED) is 0.685. The normalized spacial score (nSPS) is 26.1. The highest BCUT2D eigenvalue weighted by molar-refractivity contribution is 6.07. The zero-order chi connectivity index (χ0) is 17.4. The maximum atomic E-state index is 13.5. The van der Waals surface area contributed by atoms with Crippen molar-refractivity contribution >= 4 is 12.1 Å². The average Bonchev–Trinajstić information content (AvgIpc) is 3.16. The molecule has 4 nitrogen and oxygen atoms in total. The summed E-state index contributed by atoms with van der Waals surface area (Å²) in [7, 11) is 0. The summed E-state index contributed by atoms with van der Waals surface area (Å²) in [5.74, 6) is 0.123. The molecular weight excluding hydrogens is 316 g/mol. The molecule has 0 amide bonds. The number of benzene rings is 2. The summed E-state index contributed by atoms with van der Waals surface area (Å²) in [4.78, 5) is 25.6. The van der Waals surface area contributed by atoms with Gasteiger partial charge in [0.2, 0.25) is 5.60 Å². The lowest BCUT2D eigenvalue weighted by atomic mass is 9.72. The second kappa shape index (κ2) is 6.03. The van der Waals surface area contributed by atoms with E-state index in [1.165, 1.54) is 6.07 Å². The summed E-state index contributed by atoms with van der Waals surface area (Å²) in [6.07, 6.45) is 4.75. The van der Waals surface area contributed by atoms with E-state index in [1.54, 1.807) is 36.4 Å². The minimum Gasteiger partial charge on any atom is -0.508 e. The van der Waals surface area contributed by atoms with Gasteiger partial charge in [-0.25, -0.2) is 0 Å². The van der Waals surface area contributed by atoms with Crippen LogP contribution in [0.4, 0.5) is 0 Å². The first-order valence-electron chi connectivity index (χ1n) is 8.74. The number of Topliss-reactive ketones (excluding diaryl/α,β-unsaturated/α-hetero) is 1. The van der Waals surface area contributed by atoms with Crippen LogP contribution < -0.4 is 4.74 Å². The Morgan fingerprint density at radius 3 is 2.48 bits per heavy atom. The van der Waals surface area contributed by atoms with Gasteiger partial charge in [0.25, 0.3) is 0 Å². The number of hydrogen-bond acceptors (Lipinski definition) is 4. The van der Waals surface area contributed by atoms with Crippen molar-refractivity contribution in [3.8, 4) is 11.5 Å². The molecule has 1 aliphatic carbocycles. The van der Waals surface area contributed by atoms with Crippen LogP contribution in [0.15, 0.2) is 48.5 Å². The van der Waals surface area contributed by atoms with Crippen molar-refractivity contribution in [2.45, 2.75) is 37.2 Å². The van der Waals surface area contributed by atoms with Gasteiger partial charge in [-0.3, -0.25) is 9.59 Å². The number of ether oxygens (including phenoxy) is 1. The first-order valence-corrected chi connectivity index (χ1v) is 8.74. The van der Waals surface area contributed by atoms with Gasteiger partial charge in [-0.15, -0.1) is 0 Å². The molecule has 4 rings (SSSR count). The van der Waals surface area contributed by atoms with Crippen molar-refractivity contribution in [3.05, 3.63) is 59.7 Å². The molecule has 0 saturated heterocycles. The molecule has 25 heavy (non-hydrogen) atoms. The Bertz CT molecular complexity index is 808. The van der Waals surface area contributed by atoms with Gasteiger partial charge in [0.05, 0.1) is 5.92 Å². The molecule has 2 aromatic carbocycles. The van der Waals surface area contributed by atoms with Crippen molar-refractivity contribution < 1.29 is 19.4 Å². The van der Waals surface area contributed by atoms with Crippen LogP contribution in [-0.4, -0.2) is 17.2 Å². The molecule has 0 spiro atoms. The summed E-state index contributed by atoms with van der Waals surface area (Å²) in [5, 5.41) is 9.87. The Balaban J connectivity index is 1.90. The van der Waals surface area contributed by atoms with E-state index in [0.29, 0.717) is 17.6 Å². The lowest BCUT2D eigenvalue weighted by molar-refractivity contribution is -0.146. The molecule has 1 N–H and O–H groups in total. The number of aromatic hydroxyl groups is 1. The SMILES string of the molecule is O=CC1(c2ccccc2)Oc2cc(O)ccc2C(C2CCCC2)C1=O. The van der Waals surface area contributed by atoms with Gasteiger partial charge >= 0.3 is 0 Å². The van der Waals surface area contributed by atoms with E-state index in [1.807, 2.05) is 6.07 Å². The van der Waals surface area contributed by atoms with Gasteiger partial charge in [0.1, 0.15) is 11.5 Å². The number of phenolic OH excluding ortho intramolecular Hbond substituents is 1. The number of fused-ring (bicyclic) bond motifs is 1. The van der Waals surface area contributed by atoms with Gasteiger partial charge in [-0.2, -0.15) is 0 Å². The highest BCUT2D eigenvalue weighted by atomic mass is 16.5. The number of phenols is 1. The summed E-state index contributed by atoms with van der Waals surface area (Å²) in [6.45, 7) is 0. The molecule has 0 radical (unpaired) electrons. The van der Waals surface area contributed by atoms with Gasteiger partial charge in [-0.05, 0) is 24.8 Å². The lowest BCUT2D eigenvalue weighted by Crippen LogP contribution is -2.50. The fourth-order valence-corrected chi connectivity index (χ4v) is 4.26. The van der Waals surface area contributed by atoms with E-state index in [4.69, 9.17) is 4.74 Å². The smallest absolute Gasteiger partial charge is 0.247 e. The molecular formula is C21H20O4. The van der Waals surface area contributed by atoms with Crippen LogP contribution in [0, 0.1) is 5.92 Å². The van der Waals surface area contributed by atoms with Gasteiger partial charge in [0.15, 0.2) is 12.1 Å². The molecule has 2 unspecified atom stereocenters. The maximum Gasteiger partial charge on any atom is 0.247 e. The third kappa shape index (κ3) is 2.44. The zero-order valence-electron chi connectivity index (χ0n) is 13.9. The number of carbonyl (C=O) groups excluding carboxylic acids is 2. The Morgan fingerprint density at radius 2 is 1.80 bits per heavy atom. The molecule has 2 aliphatic rings. The van der Waals surface area contributed by atoms with E-state index >= 15 is 0 Å². The van der Waals surface area contributed by atoms with Crippen molar-refractivity contribution in [1.29, 1.82) is 0 Å². The largest absolute Gasteiger partial charge is 0.508 e. The monoisotopic (exact) mass is 336 g/mol. The molecule has 0 bridgehead atoms. The van der Waals surface area contributed by atoms with E-state index in [9.17, 15) is 14.7 Å². The molecule has 1 saturated carbocycles. The van der Waals surface area contributed by atoms with Crippen LogP contribution in [0.5, 0.6) is 11.5 Å². The number of carbonyl (C=O) groups is 2. The standard InChI is InChI=1S/C21H20O4/c22-13-21(15-8-2-1-3-9-15)20(24)19(14-6-4-5-7-14)17-11-10-16(23)12-18(17)25-21/h1-3,8-14,19,23H,4-7H2. The van der Waals surface area contributed by atoms with Crippen molar-refractivity contribution in [2.75, 3.05) is 0 Å². The summed E-state index contributed by atoms with van der Waals surface area (Å²) in [6, 6.07) is 13.7. The maximum absolute atomic E-state index is 13.5. The fourth-order valence-electron chi connectivity index (χ4n) is 4.26. The zero-order valence-corrected chi connectivity index (χ0v) is 13.9. The van der Waals surface area contributed by atoms with E-state index in [2.05, 4.69) is 0 Å². The van der Waals surface area contributed by atoms with Gasteiger partial charge in [0, 0.05) is 17.2 Å². The third-order valence-corrected chi connectivity index (χ3v) is 5.49. The molecule has 128 valence electrons. The van der Waals surface area contributed by atoms with Gasteiger partial charge < -0.3 is 9.84 Å². The molecule has 4 heteroatoms. The molecule has 1 fully saturated rings. The Labute approximate surface area is 146 Å². The Kier molecular flexibility index (Phi) is 3.83. The fraction of sp³-hybridized carbons (Fsp3) is 0.333. The topological polar surface area (TPSA) is 63.6 Å². The van der Waals surface area contributed by atoms with Crippen molar-refractivity contribution in [3.63, 3.8) is 0 Å². The van der Waals surface area contributed by atoms with Crippen LogP contribution >= 0.6 is 0 Å². The van der Waals surface area contributed by atoms with Crippen LogP contribution in [0.1, 0.15) is 42.7 Å². The second-order valence-corrected chi connectivity index (χ2v) is 6.93. The molecule has 2 aromatic rings. The summed E-state index contributed by atoms with van der Waals surface area (Å²) >= 11 is 0. The lowest BCUT2D eigenvalue weighted by Gasteiger charge is -2.39. The minimum atomic E-state index is -1.64. The molecule has 0 aromatic heterocycles. The highest BCUT2D eigenvalue weighted by Crippen LogP contribution is 2.49. The predicted molar refractivity (Wildman–Crippen MR) is 92.6 cm³/mol. The number of ketones is 1. The van der Waals surface area contributed by atoms with Crippen molar-refractivity contribution in [2.24, 2.45) is 5.92 Å². The van der Waals surface area contributed by atoms with Crippen molar-refractivity contribution in [1.82, 2.24) is 0 Å². The van der Waals surface area contributed by atoms with Crippen LogP contribution in [-0.2, 0) is 15.2 Å². The Hall–Kier alpha value is -2.62. The van der Waals surface area contributed by atoms with Crippen LogP contribution in [0.3, 0.4) is 0 Å². The number of aldehydes is 1. The molecule has 1 aliphatic heterocycles. The van der Waals surface area contributed by atoms with Crippen LogP contribution in [0.25, 0.3) is 0 Å².